The zero-order valence-corrected chi connectivity index (χ0v) is 26.6. The summed E-state index contributed by atoms with van der Waals surface area (Å²) in [6.45, 7) is -0.0862. The van der Waals surface area contributed by atoms with E-state index in [1.54, 1.807) is 26.4 Å². The molecule has 0 fully saturated rings. The third kappa shape index (κ3) is 9.92. The molecule has 45 heavy (non-hydrogen) atoms. The minimum absolute atomic E-state index is 0.0226. The van der Waals surface area contributed by atoms with Crippen LogP contribution in [0.1, 0.15) is 22.3 Å². The van der Waals surface area contributed by atoms with E-state index in [9.17, 15) is 18.0 Å². The van der Waals surface area contributed by atoms with Crippen LogP contribution in [0.5, 0.6) is 11.5 Å². The van der Waals surface area contributed by atoms with Crippen molar-refractivity contribution in [2.45, 2.75) is 32.1 Å². The van der Waals surface area contributed by atoms with Crippen molar-refractivity contribution >= 4 is 21.8 Å². The zero-order chi connectivity index (χ0) is 32.2. The second-order valence-electron chi connectivity index (χ2n) is 10.7. The Morgan fingerprint density at radius 3 is 1.69 bits per heavy atom. The number of methoxy groups -OCH3 is 2. The van der Waals surface area contributed by atoms with Crippen LogP contribution in [0.25, 0.3) is 0 Å². The molecule has 4 aromatic carbocycles. The van der Waals surface area contributed by atoms with E-state index in [-0.39, 0.29) is 32.0 Å². The Morgan fingerprint density at radius 2 is 1.18 bits per heavy atom. The van der Waals surface area contributed by atoms with Crippen LogP contribution in [0.4, 0.5) is 0 Å². The van der Waals surface area contributed by atoms with Gasteiger partial charge in [-0.1, -0.05) is 84.9 Å². The average molecular weight is 630 g/mol. The van der Waals surface area contributed by atoms with Gasteiger partial charge in [0.25, 0.3) is 0 Å². The summed E-state index contributed by atoms with van der Waals surface area (Å²) in [7, 11) is -0.615. The molecule has 0 bridgehead atoms. The first-order valence-corrected chi connectivity index (χ1v) is 16.4. The number of ether oxygens (including phenoxy) is 2. The molecule has 10 heteroatoms. The highest BCUT2D eigenvalue weighted by atomic mass is 32.2. The van der Waals surface area contributed by atoms with Gasteiger partial charge in [-0.2, -0.15) is 4.31 Å². The molecular weight excluding hydrogens is 590 g/mol. The van der Waals surface area contributed by atoms with E-state index in [0.717, 1.165) is 32.8 Å². The normalized spacial score (nSPS) is 11.9. The zero-order valence-electron chi connectivity index (χ0n) is 25.8. The molecule has 0 unspecified atom stereocenters. The van der Waals surface area contributed by atoms with Crippen molar-refractivity contribution in [3.8, 4) is 11.5 Å². The number of carbonyl (C=O) groups is 2. The molecule has 0 spiro atoms. The molecule has 0 radical (unpaired) electrons. The first-order valence-electron chi connectivity index (χ1n) is 14.5. The largest absolute Gasteiger partial charge is 0.497 e. The summed E-state index contributed by atoms with van der Waals surface area (Å²) in [4.78, 5) is 29.6. The lowest BCUT2D eigenvalue weighted by atomic mass is 10.0. The van der Waals surface area contributed by atoms with E-state index in [4.69, 9.17) is 9.47 Å². The SMILES string of the molecule is COc1ccc(CNC(=O)[C@@H](Cc2ccccc2)N(Cc2ccc(OC)cc2)C(=O)CN(Cc2ccccc2)S(C)(=O)=O)cc1. The molecular formula is C35H39N3O6S. The van der Waals surface area contributed by atoms with Crippen molar-refractivity contribution in [3.63, 3.8) is 0 Å². The quantitative estimate of drug-likeness (QED) is 0.209. The second-order valence-corrected chi connectivity index (χ2v) is 12.6. The fourth-order valence-corrected chi connectivity index (χ4v) is 5.58. The summed E-state index contributed by atoms with van der Waals surface area (Å²) in [5.74, 6) is 0.508. The van der Waals surface area contributed by atoms with Gasteiger partial charge in [-0.3, -0.25) is 9.59 Å². The Labute approximate surface area is 265 Å². The van der Waals surface area contributed by atoms with Crippen molar-refractivity contribution in [1.82, 2.24) is 14.5 Å². The summed E-state index contributed by atoms with van der Waals surface area (Å²) < 4.78 is 37.4. The van der Waals surface area contributed by atoms with Gasteiger partial charge in [0, 0.05) is 26.1 Å². The van der Waals surface area contributed by atoms with Crippen LogP contribution in [-0.2, 0) is 45.7 Å². The molecule has 0 aliphatic heterocycles. The van der Waals surface area contributed by atoms with Crippen LogP contribution in [-0.4, -0.2) is 62.5 Å². The highest BCUT2D eigenvalue weighted by molar-refractivity contribution is 7.88. The first-order chi connectivity index (χ1) is 21.7. The van der Waals surface area contributed by atoms with Crippen LogP contribution < -0.4 is 14.8 Å². The molecule has 4 rings (SSSR count). The standard InChI is InChI=1S/C35H39N3O6S/c1-43-31-18-14-28(15-19-31)23-36-35(40)33(22-27-10-6-4-7-11-27)38(25-30-16-20-32(44-2)21-17-30)34(39)26-37(45(3,41)42)24-29-12-8-5-9-13-29/h4-21,33H,22-26H2,1-3H3,(H,36,40)/t33-/m1/s1. The number of hydrogen-bond donors (Lipinski definition) is 1. The van der Waals surface area contributed by atoms with Gasteiger partial charge in [-0.05, 0) is 46.5 Å². The third-order valence-corrected chi connectivity index (χ3v) is 8.59. The summed E-state index contributed by atoms with van der Waals surface area (Å²) in [5.41, 5.74) is 3.23. The van der Waals surface area contributed by atoms with E-state index in [1.807, 2.05) is 97.1 Å². The summed E-state index contributed by atoms with van der Waals surface area (Å²) >= 11 is 0. The van der Waals surface area contributed by atoms with Crippen molar-refractivity contribution in [2.24, 2.45) is 0 Å². The number of amides is 2. The molecule has 0 aliphatic carbocycles. The Balaban J connectivity index is 1.67. The topological polar surface area (TPSA) is 105 Å². The highest BCUT2D eigenvalue weighted by Crippen LogP contribution is 2.19. The van der Waals surface area contributed by atoms with E-state index in [0.29, 0.717) is 11.5 Å². The lowest BCUT2D eigenvalue weighted by Gasteiger charge is -2.33. The van der Waals surface area contributed by atoms with Gasteiger partial charge in [0.05, 0.1) is 27.0 Å². The lowest BCUT2D eigenvalue weighted by Crippen LogP contribution is -2.53. The summed E-state index contributed by atoms with van der Waals surface area (Å²) in [6, 6.07) is 32.2. The Kier molecular flexibility index (Phi) is 11.7. The van der Waals surface area contributed by atoms with Gasteiger partial charge in [0.15, 0.2) is 0 Å². The molecule has 0 aromatic heterocycles. The summed E-state index contributed by atoms with van der Waals surface area (Å²) in [5, 5.41) is 2.99. The highest BCUT2D eigenvalue weighted by Gasteiger charge is 2.33. The van der Waals surface area contributed by atoms with E-state index < -0.39 is 28.5 Å². The van der Waals surface area contributed by atoms with Crippen LogP contribution in [0.2, 0.25) is 0 Å². The Hall–Kier alpha value is -4.67. The third-order valence-electron chi connectivity index (χ3n) is 7.39. The van der Waals surface area contributed by atoms with Gasteiger partial charge in [-0.15, -0.1) is 0 Å². The fourth-order valence-electron chi connectivity index (χ4n) is 4.85. The number of rotatable bonds is 15. The van der Waals surface area contributed by atoms with E-state index in [1.165, 1.54) is 4.90 Å². The van der Waals surface area contributed by atoms with Crippen LogP contribution >= 0.6 is 0 Å². The lowest BCUT2D eigenvalue weighted by molar-refractivity contribution is -0.141. The maximum atomic E-state index is 14.2. The van der Waals surface area contributed by atoms with Crippen molar-refractivity contribution in [2.75, 3.05) is 27.0 Å². The Morgan fingerprint density at radius 1 is 0.689 bits per heavy atom. The molecule has 9 nitrogen and oxygen atoms in total. The molecule has 0 heterocycles. The van der Waals surface area contributed by atoms with Gasteiger partial charge in [0.2, 0.25) is 21.8 Å². The van der Waals surface area contributed by atoms with Crippen LogP contribution in [0.3, 0.4) is 0 Å². The van der Waals surface area contributed by atoms with Crippen LogP contribution in [0.15, 0.2) is 109 Å². The molecule has 1 atom stereocenters. The fraction of sp³-hybridized carbons (Fsp3) is 0.257. The van der Waals surface area contributed by atoms with Gasteiger partial charge in [0.1, 0.15) is 17.5 Å². The van der Waals surface area contributed by atoms with Crippen molar-refractivity contribution in [1.29, 1.82) is 0 Å². The summed E-state index contributed by atoms with van der Waals surface area (Å²) in [6.07, 6.45) is 1.31. The van der Waals surface area contributed by atoms with E-state index in [2.05, 4.69) is 5.32 Å². The number of hydrogen-bond acceptors (Lipinski definition) is 6. The molecule has 236 valence electrons. The van der Waals surface area contributed by atoms with Crippen molar-refractivity contribution in [3.05, 3.63) is 131 Å². The molecule has 0 saturated heterocycles. The molecule has 4 aromatic rings. The van der Waals surface area contributed by atoms with Gasteiger partial charge in [-0.25, -0.2) is 8.42 Å². The number of carbonyl (C=O) groups excluding carboxylic acids is 2. The smallest absolute Gasteiger partial charge is 0.243 e. The first kappa shape index (κ1) is 33.2. The maximum absolute atomic E-state index is 14.2. The van der Waals surface area contributed by atoms with Gasteiger partial charge < -0.3 is 19.7 Å². The minimum atomic E-state index is -3.77. The number of benzene rings is 4. The molecule has 0 saturated carbocycles. The molecule has 0 aliphatic rings. The van der Waals surface area contributed by atoms with Gasteiger partial charge >= 0.3 is 0 Å². The maximum Gasteiger partial charge on any atom is 0.243 e. The predicted molar refractivity (Wildman–Crippen MR) is 174 cm³/mol. The van der Waals surface area contributed by atoms with Crippen LogP contribution in [0, 0.1) is 0 Å². The number of nitrogens with one attached hydrogen (secondary N) is 1. The number of nitrogens with zero attached hydrogens (tertiary/aromatic N) is 2. The predicted octanol–water partition coefficient (Wildman–Crippen LogP) is 4.42. The monoisotopic (exact) mass is 629 g/mol. The Bertz CT molecular complexity index is 1630. The second kappa shape index (κ2) is 15.9. The molecule has 1 N–H and O–H groups in total. The minimum Gasteiger partial charge on any atom is -0.497 e. The average Bonchev–Trinajstić information content (AvgIpc) is 3.06. The van der Waals surface area contributed by atoms with Crippen molar-refractivity contribution < 1.29 is 27.5 Å². The number of sulfonamides is 1. The van der Waals surface area contributed by atoms with E-state index >= 15 is 0 Å². The molecule has 2 amide bonds.